The quantitative estimate of drug-likeness (QED) is 0.817. The summed E-state index contributed by atoms with van der Waals surface area (Å²) >= 11 is 3.58. The second-order valence-corrected chi connectivity index (χ2v) is 6.64. The van der Waals surface area contributed by atoms with Gasteiger partial charge in [-0.3, -0.25) is 4.72 Å². The van der Waals surface area contributed by atoms with E-state index in [0.29, 0.717) is 11.5 Å². The van der Waals surface area contributed by atoms with E-state index in [1.807, 2.05) is 4.72 Å². The van der Waals surface area contributed by atoms with Gasteiger partial charge in [-0.2, -0.15) is 0 Å². The van der Waals surface area contributed by atoms with Crippen LogP contribution in [0.5, 0.6) is 0 Å². The first kappa shape index (κ1) is 14.7. The highest BCUT2D eigenvalue weighted by atomic mass is 79.9. The molecule has 0 bridgehead atoms. The Kier molecular flexibility index (Phi) is 3.96. The summed E-state index contributed by atoms with van der Waals surface area (Å²) in [5.41, 5.74) is -0.768. The van der Waals surface area contributed by atoms with Crippen LogP contribution in [0.2, 0.25) is 0 Å². The van der Waals surface area contributed by atoms with Crippen LogP contribution < -0.4 is 4.72 Å². The van der Waals surface area contributed by atoms with Gasteiger partial charge in [-0.1, -0.05) is 25.5 Å². The lowest BCUT2D eigenvalue weighted by Crippen LogP contribution is -2.16. The van der Waals surface area contributed by atoms with E-state index in [-0.39, 0.29) is 9.60 Å². The van der Waals surface area contributed by atoms with Crippen molar-refractivity contribution in [3.8, 4) is 0 Å². The summed E-state index contributed by atoms with van der Waals surface area (Å²) in [4.78, 5) is 10.0. The zero-order valence-electron chi connectivity index (χ0n) is 9.24. The van der Waals surface area contributed by atoms with Gasteiger partial charge in [0.05, 0.1) is 5.56 Å². The number of halogens is 2. The fraction of sp³-hybridized carbons (Fsp3) is 0. The Morgan fingerprint density at radius 1 is 1.45 bits per heavy atom. The first-order valence-electron chi connectivity index (χ1n) is 4.71. The zero-order chi connectivity index (χ0) is 14.9. The molecule has 8 nitrogen and oxygen atoms in total. The monoisotopic (exact) mass is 382 g/mol. The molecule has 12 heteroatoms. The number of hydrogen-bond acceptors (Lipinski definition) is 7. The van der Waals surface area contributed by atoms with E-state index in [0.717, 1.165) is 12.1 Å². The molecule has 0 aliphatic carbocycles. The molecular formula is C8H4BrFN4O4S2. The lowest BCUT2D eigenvalue weighted by atomic mass is 10.2. The Morgan fingerprint density at radius 3 is 2.70 bits per heavy atom. The topological polar surface area (TPSA) is 122 Å². The number of carboxylic acids is 1. The number of benzene rings is 1. The summed E-state index contributed by atoms with van der Waals surface area (Å²) in [5, 5.41) is 15.2. The Labute approximate surface area is 124 Å². The van der Waals surface area contributed by atoms with Crippen LogP contribution in [-0.4, -0.2) is 34.3 Å². The molecular weight excluding hydrogens is 379 g/mol. The van der Waals surface area contributed by atoms with E-state index < -0.39 is 32.3 Å². The molecule has 0 fully saturated rings. The van der Waals surface area contributed by atoms with Gasteiger partial charge in [0, 0.05) is 16.0 Å². The highest BCUT2D eigenvalue weighted by molar-refractivity contribution is 9.10. The molecule has 0 saturated carbocycles. The van der Waals surface area contributed by atoms with Gasteiger partial charge >= 0.3 is 5.97 Å². The summed E-state index contributed by atoms with van der Waals surface area (Å²) in [6.45, 7) is 0. The first-order chi connectivity index (χ1) is 9.31. The van der Waals surface area contributed by atoms with Gasteiger partial charge in [-0.05, 0) is 17.3 Å². The lowest BCUT2D eigenvalue weighted by molar-refractivity contribution is 0.0691. The summed E-state index contributed by atoms with van der Waals surface area (Å²) < 4.78 is 43.3. The number of hydrogen-bond donors (Lipinski definition) is 2. The molecule has 2 rings (SSSR count). The standard InChI is InChI=1S/C8H4BrFN4O4S2/c9-3-1-4(7(15)16)6(10)5(2-3)20(17,18)12-8-11-13-14-19-8/h1-2H,(H,15,16)(H,11,12,14). The summed E-state index contributed by atoms with van der Waals surface area (Å²) in [6, 6.07) is 1.90. The molecule has 1 aromatic heterocycles. The van der Waals surface area contributed by atoms with E-state index in [1.54, 1.807) is 0 Å². The number of nitrogens with one attached hydrogen (secondary N) is 1. The second kappa shape index (κ2) is 5.38. The Morgan fingerprint density at radius 2 is 2.15 bits per heavy atom. The summed E-state index contributed by atoms with van der Waals surface area (Å²) in [6.07, 6.45) is 0. The third kappa shape index (κ3) is 2.91. The predicted molar refractivity (Wildman–Crippen MR) is 69.6 cm³/mol. The molecule has 0 aliphatic rings. The molecule has 20 heavy (non-hydrogen) atoms. The normalized spacial score (nSPS) is 11.3. The molecule has 2 aromatic rings. The third-order valence-corrected chi connectivity index (χ3v) is 4.48. The molecule has 2 N–H and O–H groups in total. The fourth-order valence-corrected chi connectivity index (χ4v) is 3.58. The summed E-state index contributed by atoms with van der Waals surface area (Å²) in [5.74, 6) is -2.96. The van der Waals surface area contributed by atoms with Crippen LogP contribution >= 0.6 is 27.5 Å². The highest BCUT2D eigenvalue weighted by Gasteiger charge is 2.26. The Balaban J connectivity index is 2.54. The van der Waals surface area contributed by atoms with Crippen molar-refractivity contribution in [2.45, 2.75) is 4.90 Å². The molecule has 0 spiro atoms. The number of carboxylic acid groups (broad SMARTS) is 1. The minimum atomic E-state index is -4.34. The first-order valence-corrected chi connectivity index (χ1v) is 7.76. The van der Waals surface area contributed by atoms with Crippen molar-refractivity contribution < 1.29 is 22.7 Å². The maximum Gasteiger partial charge on any atom is 0.338 e. The van der Waals surface area contributed by atoms with E-state index in [2.05, 4.69) is 30.7 Å². The molecule has 0 radical (unpaired) electrons. The average molecular weight is 383 g/mol. The van der Waals surface area contributed by atoms with E-state index in [9.17, 15) is 17.6 Å². The Hall–Kier alpha value is -1.66. The largest absolute Gasteiger partial charge is 0.478 e. The fourth-order valence-electron chi connectivity index (χ4n) is 1.26. The third-order valence-electron chi connectivity index (χ3n) is 2.04. The summed E-state index contributed by atoms with van der Waals surface area (Å²) in [7, 11) is -4.34. The number of rotatable bonds is 4. The van der Waals surface area contributed by atoms with Crippen LogP contribution in [-0.2, 0) is 10.0 Å². The van der Waals surface area contributed by atoms with Crippen molar-refractivity contribution in [2.24, 2.45) is 0 Å². The molecule has 0 atom stereocenters. The van der Waals surface area contributed by atoms with Gasteiger partial charge in [0.15, 0.2) is 5.82 Å². The lowest BCUT2D eigenvalue weighted by Gasteiger charge is -2.08. The van der Waals surface area contributed by atoms with Crippen molar-refractivity contribution in [2.75, 3.05) is 4.72 Å². The van der Waals surface area contributed by atoms with Crippen LogP contribution in [0.15, 0.2) is 21.5 Å². The number of aromatic nitrogens is 3. The van der Waals surface area contributed by atoms with Crippen molar-refractivity contribution >= 4 is 48.6 Å². The maximum atomic E-state index is 14.0. The van der Waals surface area contributed by atoms with Gasteiger partial charge in [0.1, 0.15) is 4.90 Å². The average Bonchev–Trinajstić information content (AvgIpc) is 2.83. The highest BCUT2D eigenvalue weighted by Crippen LogP contribution is 2.26. The molecule has 1 aromatic carbocycles. The zero-order valence-corrected chi connectivity index (χ0v) is 12.5. The van der Waals surface area contributed by atoms with Crippen molar-refractivity contribution in [3.63, 3.8) is 0 Å². The number of nitrogens with zero attached hydrogens (tertiary/aromatic N) is 3. The van der Waals surface area contributed by atoms with E-state index in [1.165, 1.54) is 0 Å². The molecule has 0 aliphatic heterocycles. The smallest absolute Gasteiger partial charge is 0.338 e. The predicted octanol–water partition coefficient (Wildman–Crippen LogP) is 1.33. The minimum Gasteiger partial charge on any atom is -0.478 e. The van der Waals surface area contributed by atoms with Crippen LogP contribution in [0, 0.1) is 5.82 Å². The number of carbonyl (C=O) groups is 1. The molecule has 0 amide bonds. The molecule has 0 saturated heterocycles. The number of aromatic carboxylic acids is 1. The van der Waals surface area contributed by atoms with Crippen LogP contribution in [0.1, 0.15) is 10.4 Å². The second-order valence-electron chi connectivity index (χ2n) is 3.34. The van der Waals surface area contributed by atoms with Gasteiger partial charge in [0.2, 0.25) is 5.13 Å². The Bertz CT molecular complexity index is 765. The van der Waals surface area contributed by atoms with Gasteiger partial charge < -0.3 is 5.11 Å². The van der Waals surface area contributed by atoms with Crippen LogP contribution in [0.4, 0.5) is 9.52 Å². The van der Waals surface area contributed by atoms with Crippen molar-refractivity contribution in [1.82, 2.24) is 14.8 Å². The minimum absolute atomic E-state index is 0.104. The SMILES string of the molecule is O=C(O)c1cc(Br)cc(S(=O)(=O)Nc2nnns2)c1F. The van der Waals surface area contributed by atoms with Crippen molar-refractivity contribution in [1.29, 1.82) is 0 Å². The molecule has 1 heterocycles. The number of anilines is 1. The van der Waals surface area contributed by atoms with Gasteiger partial charge in [-0.15, -0.1) is 0 Å². The van der Waals surface area contributed by atoms with Crippen molar-refractivity contribution in [3.05, 3.63) is 28.0 Å². The van der Waals surface area contributed by atoms with E-state index in [4.69, 9.17) is 5.11 Å². The van der Waals surface area contributed by atoms with Crippen LogP contribution in [0.25, 0.3) is 0 Å². The molecule has 106 valence electrons. The maximum absolute atomic E-state index is 14.0. The van der Waals surface area contributed by atoms with Gasteiger partial charge in [-0.25, -0.2) is 17.6 Å². The number of sulfonamides is 1. The molecule has 0 unspecified atom stereocenters. The van der Waals surface area contributed by atoms with Crippen LogP contribution in [0.3, 0.4) is 0 Å². The van der Waals surface area contributed by atoms with Gasteiger partial charge in [0.25, 0.3) is 10.0 Å². The van der Waals surface area contributed by atoms with E-state index >= 15 is 0 Å².